The van der Waals surface area contributed by atoms with Crippen molar-refractivity contribution in [1.29, 1.82) is 0 Å². The molecule has 1 aromatic heterocycles. The molecule has 2 unspecified atom stereocenters. The van der Waals surface area contributed by atoms with Gasteiger partial charge in [-0.25, -0.2) is 4.79 Å². The fraction of sp³-hybridized carbons (Fsp3) is 0.636. The SMILES string of the molecule is COCCn1c(N)c(NC2CC2C)c(=O)[nH]c1=O. The Labute approximate surface area is 104 Å². The van der Waals surface area contributed by atoms with Crippen LogP contribution in [0.5, 0.6) is 0 Å². The number of ether oxygens (including phenoxy) is 1. The second-order valence-corrected chi connectivity index (χ2v) is 4.63. The van der Waals surface area contributed by atoms with Gasteiger partial charge in [-0.2, -0.15) is 0 Å². The molecule has 0 aliphatic heterocycles. The van der Waals surface area contributed by atoms with Crippen molar-refractivity contribution in [2.24, 2.45) is 5.92 Å². The van der Waals surface area contributed by atoms with Gasteiger partial charge in [-0.15, -0.1) is 0 Å². The quantitative estimate of drug-likeness (QED) is 0.662. The van der Waals surface area contributed by atoms with E-state index in [-0.39, 0.29) is 17.5 Å². The summed E-state index contributed by atoms with van der Waals surface area (Å²) in [5.74, 6) is 0.697. The molecule has 1 aromatic rings. The highest BCUT2D eigenvalue weighted by molar-refractivity contribution is 5.61. The summed E-state index contributed by atoms with van der Waals surface area (Å²) < 4.78 is 6.21. The molecular weight excluding hydrogens is 236 g/mol. The van der Waals surface area contributed by atoms with Crippen LogP contribution in [0.15, 0.2) is 9.59 Å². The predicted molar refractivity (Wildman–Crippen MR) is 68.8 cm³/mol. The maximum atomic E-state index is 11.7. The lowest BCUT2D eigenvalue weighted by Crippen LogP contribution is -2.35. The molecule has 1 heterocycles. The van der Waals surface area contributed by atoms with E-state index in [4.69, 9.17) is 10.5 Å². The Bertz CT molecular complexity index is 548. The number of nitrogens with one attached hydrogen (secondary N) is 2. The molecule has 1 aliphatic rings. The van der Waals surface area contributed by atoms with Crippen LogP contribution in [0.4, 0.5) is 11.5 Å². The van der Waals surface area contributed by atoms with E-state index >= 15 is 0 Å². The van der Waals surface area contributed by atoms with Gasteiger partial charge in [0.1, 0.15) is 11.5 Å². The molecule has 0 spiro atoms. The minimum atomic E-state index is -0.510. The molecule has 0 amide bonds. The van der Waals surface area contributed by atoms with Gasteiger partial charge in [0.05, 0.1) is 13.2 Å². The summed E-state index contributed by atoms with van der Waals surface area (Å²) in [6, 6.07) is 0.266. The fourth-order valence-electron chi connectivity index (χ4n) is 1.84. The van der Waals surface area contributed by atoms with Crippen molar-refractivity contribution in [2.45, 2.75) is 25.9 Å². The Hall–Kier alpha value is -1.76. The van der Waals surface area contributed by atoms with E-state index in [9.17, 15) is 9.59 Å². The van der Waals surface area contributed by atoms with Crippen LogP contribution in [0, 0.1) is 5.92 Å². The Morgan fingerprint density at radius 2 is 2.22 bits per heavy atom. The van der Waals surface area contributed by atoms with Gasteiger partial charge in [0.2, 0.25) is 0 Å². The number of H-pyrrole nitrogens is 1. The Balaban J connectivity index is 2.33. The highest BCUT2D eigenvalue weighted by Gasteiger charge is 2.33. The molecule has 1 fully saturated rings. The van der Waals surface area contributed by atoms with Crippen molar-refractivity contribution in [1.82, 2.24) is 9.55 Å². The van der Waals surface area contributed by atoms with Crippen LogP contribution < -0.4 is 22.3 Å². The van der Waals surface area contributed by atoms with Crippen LogP contribution in [-0.4, -0.2) is 29.3 Å². The molecule has 2 atom stereocenters. The van der Waals surface area contributed by atoms with Gasteiger partial charge in [-0.3, -0.25) is 14.3 Å². The summed E-state index contributed by atoms with van der Waals surface area (Å²) in [6.07, 6.45) is 1.01. The molecule has 0 aromatic carbocycles. The second kappa shape index (κ2) is 4.85. The predicted octanol–water partition coefficient (Wildman–Crippen LogP) is -0.414. The topological polar surface area (TPSA) is 102 Å². The number of nitrogens with two attached hydrogens (primary N) is 1. The smallest absolute Gasteiger partial charge is 0.330 e. The number of aromatic amines is 1. The van der Waals surface area contributed by atoms with E-state index < -0.39 is 11.2 Å². The number of hydrogen-bond donors (Lipinski definition) is 3. The molecule has 100 valence electrons. The van der Waals surface area contributed by atoms with Gasteiger partial charge in [0.15, 0.2) is 0 Å². The highest BCUT2D eigenvalue weighted by atomic mass is 16.5. The minimum absolute atomic E-state index is 0.167. The maximum Gasteiger partial charge on any atom is 0.330 e. The fourth-order valence-corrected chi connectivity index (χ4v) is 1.84. The summed E-state index contributed by atoms with van der Waals surface area (Å²) in [7, 11) is 1.54. The van der Waals surface area contributed by atoms with Crippen molar-refractivity contribution in [3.8, 4) is 0 Å². The first kappa shape index (κ1) is 12.7. The van der Waals surface area contributed by atoms with Crippen molar-refractivity contribution in [3.05, 3.63) is 20.8 Å². The van der Waals surface area contributed by atoms with Crippen LogP contribution in [0.1, 0.15) is 13.3 Å². The Morgan fingerprint density at radius 1 is 1.56 bits per heavy atom. The maximum absolute atomic E-state index is 11.7. The minimum Gasteiger partial charge on any atom is -0.383 e. The van der Waals surface area contributed by atoms with Crippen molar-refractivity contribution in [3.63, 3.8) is 0 Å². The average molecular weight is 254 g/mol. The monoisotopic (exact) mass is 254 g/mol. The van der Waals surface area contributed by atoms with Crippen molar-refractivity contribution < 1.29 is 4.74 Å². The molecule has 0 radical (unpaired) electrons. The van der Waals surface area contributed by atoms with Gasteiger partial charge in [-0.05, 0) is 12.3 Å². The molecule has 0 saturated heterocycles. The largest absolute Gasteiger partial charge is 0.383 e. The third-order valence-corrected chi connectivity index (χ3v) is 3.20. The lowest BCUT2D eigenvalue weighted by molar-refractivity contribution is 0.186. The van der Waals surface area contributed by atoms with Crippen molar-refractivity contribution in [2.75, 3.05) is 24.8 Å². The summed E-state index contributed by atoms with van der Waals surface area (Å²) >= 11 is 0. The molecule has 7 heteroatoms. The first-order chi connectivity index (χ1) is 8.54. The third-order valence-electron chi connectivity index (χ3n) is 3.20. The molecule has 2 rings (SSSR count). The molecule has 4 N–H and O–H groups in total. The second-order valence-electron chi connectivity index (χ2n) is 4.63. The number of aromatic nitrogens is 2. The lowest BCUT2D eigenvalue weighted by Gasteiger charge is -2.13. The van der Waals surface area contributed by atoms with Crippen molar-refractivity contribution >= 4 is 11.5 Å². The van der Waals surface area contributed by atoms with Gasteiger partial charge < -0.3 is 15.8 Å². The molecule has 7 nitrogen and oxygen atoms in total. The number of hydrogen-bond acceptors (Lipinski definition) is 5. The highest BCUT2D eigenvalue weighted by Crippen LogP contribution is 2.32. The number of methoxy groups -OCH3 is 1. The van der Waals surface area contributed by atoms with Crippen LogP contribution in [0.3, 0.4) is 0 Å². The summed E-state index contributed by atoms with van der Waals surface area (Å²) in [5.41, 5.74) is 5.17. The summed E-state index contributed by atoms with van der Waals surface area (Å²) in [5, 5.41) is 3.08. The van der Waals surface area contributed by atoms with E-state index in [1.807, 2.05) is 0 Å². The zero-order chi connectivity index (χ0) is 13.3. The average Bonchev–Trinajstić information content (AvgIpc) is 3.00. The van der Waals surface area contributed by atoms with Gasteiger partial charge in [-0.1, -0.05) is 6.92 Å². The number of nitrogens with zero attached hydrogens (tertiary/aromatic N) is 1. The molecule has 1 saturated carbocycles. The van der Waals surface area contributed by atoms with E-state index in [0.717, 1.165) is 6.42 Å². The lowest BCUT2D eigenvalue weighted by atomic mass is 10.4. The zero-order valence-electron chi connectivity index (χ0n) is 10.5. The molecule has 18 heavy (non-hydrogen) atoms. The first-order valence-corrected chi connectivity index (χ1v) is 5.92. The number of rotatable bonds is 5. The van der Waals surface area contributed by atoms with E-state index in [2.05, 4.69) is 17.2 Å². The van der Waals surface area contributed by atoms with Crippen LogP contribution in [0.25, 0.3) is 0 Å². The molecule has 1 aliphatic carbocycles. The van der Waals surface area contributed by atoms with E-state index in [0.29, 0.717) is 19.1 Å². The zero-order valence-corrected chi connectivity index (χ0v) is 10.5. The normalized spacial score (nSPS) is 21.9. The number of anilines is 2. The van der Waals surface area contributed by atoms with Crippen LogP contribution in [-0.2, 0) is 11.3 Å². The van der Waals surface area contributed by atoms with E-state index in [1.165, 1.54) is 11.7 Å². The standard InChI is InChI=1S/C11H18N4O3/c1-6-5-7(6)13-8-9(12)15(3-4-18-2)11(17)14-10(8)16/h6-7,13H,3-5,12H2,1-2H3,(H,14,16,17). The van der Waals surface area contributed by atoms with Gasteiger partial charge >= 0.3 is 5.69 Å². The van der Waals surface area contributed by atoms with E-state index in [1.54, 1.807) is 0 Å². The van der Waals surface area contributed by atoms with Gasteiger partial charge in [0, 0.05) is 13.2 Å². The summed E-state index contributed by atoms with van der Waals surface area (Å²) in [4.78, 5) is 25.6. The third kappa shape index (κ3) is 2.40. The number of nitrogen functional groups attached to an aromatic ring is 1. The molecule has 0 bridgehead atoms. The summed E-state index contributed by atoms with van der Waals surface area (Å²) in [6.45, 7) is 2.76. The molecular formula is C11H18N4O3. The Kier molecular flexibility index (Phi) is 3.42. The van der Waals surface area contributed by atoms with Crippen LogP contribution >= 0.6 is 0 Å². The Morgan fingerprint density at radius 3 is 2.78 bits per heavy atom. The van der Waals surface area contributed by atoms with Crippen LogP contribution in [0.2, 0.25) is 0 Å². The van der Waals surface area contributed by atoms with Gasteiger partial charge in [0.25, 0.3) is 5.56 Å². The first-order valence-electron chi connectivity index (χ1n) is 5.92.